The molecule has 0 saturated carbocycles. The lowest BCUT2D eigenvalue weighted by Gasteiger charge is -2.42. The summed E-state index contributed by atoms with van der Waals surface area (Å²) in [6, 6.07) is 0. The van der Waals surface area contributed by atoms with Gasteiger partial charge in [0.25, 0.3) is 0 Å². The molecular formula is C10H18O7. The summed E-state index contributed by atoms with van der Waals surface area (Å²) in [6.07, 6.45) is -4.75. The molecule has 7 heteroatoms. The number of hydrogen-bond acceptors (Lipinski definition) is 6. The summed E-state index contributed by atoms with van der Waals surface area (Å²) in [4.78, 5) is 10.5. The summed E-state index contributed by atoms with van der Waals surface area (Å²) in [5.74, 6) is -3.48. The van der Waals surface area contributed by atoms with Gasteiger partial charge in [0.15, 0.2) is 5.79 Å². The number of rotatable bonds is 4. The van der Waals surface area contributed by atoms with E-state index in [1.54, 1.807) is 6.92 Å². The lowest BCUT2D eigenvalue weighted by molar-refractivity contribution is -0.326. The highest BCUT2D eigenvalue weighted by Crippen LogP contribution is 2.30. The van der Waals surface area contributed by atoms with Crippen LogP contribution in [0.1, 0.15) is 19.8 Å². The summed E-state index contributed by atoms with van der Waals surface area (Å²) >= 11 is 0. The molecule has 0 aromatic rings. The van der Waals surface area contributed by atoms with Crippen molar-refractivity contribution in [2.45, 2.75) is 43.9 Å². The lowest BCUT2D eigenvalue weighted by atomic mass is 9.88. The summed E-state index contributed by atoms with van der Waals surface area (Å²) in [5.41, 5.74) is 0. The average Bonchev–Trinajstić information content (AvgIpc) is 2.20. The molecule has 1 saturated heterocycles. The van der Waals surface area contributed by atoms with Gasteiger partial charge in [0.2, 0.25) is 0 Å². The molecule has 0 amide bonds. The molecule has 0 aromatic heterocycles. The van der Waals surface area contributed by atoms with E-state index < -0.39 is 36.0 Å². The van der Waals surface area contributed by atoms with Crippen LogP contribution in [0.3, 0.4) is 0 Å². The number of aliphatic hydroxyl groups is 4. The molecule has 0 radical (unpaired) electrons. The normalized spacial score (nSPS) is 39.9. The van der Waals surface area contributed by atoms with Gasteiger partial charge in [0.1, 0.15) is 18.3 Å². The molecule has 7 nitrogen and oxygen atoms in total. The summed E-state index contributed by atoms with van der Waals surface area (Å²) in [6.45, 7) is 1.27. The Labute approximate surface area is 98.3 Å². The SMILES string of the molecule is CC(CC(=O)O)C[C@@]1(O)OC[C@@H](O)[C@H](O)[C@H]1O. The van der Waals surface area contributed by atoms with Gasteiger partial charge in [0, 0.05) is 12.8 Å². The maximum absolute atomic E-state index is 10.5. The van der Waals surface area contributed by atoms with Gasteiger partial charge in [-0.05, 0) is 5.92 Å². The van der Waals surface area contributed by atoms with Crippen LogP contribution in [0, 0.1) is 5.92 Å². The zero-order valence-corrected chi connectivity index (χ0v) is 9.48. The Hall–Kier alpha value is -0.730. The van der Waals surface area contributed by atoms with E-state index in [0.717, 1.165) is 0 Å². The van der Waals surface area contributed by atoms with Crippen LogP contribution in [-0.2, 0) is 9.53 Å². The third-order valence-electron chi connectivity index (χ3n) is 2.85. The highest BCUT2D eigenvalue weighted by molar-refractivity contribution is 5.66. The van der Waals surface area contributed by atoms with Crippen molar-refractivity contribution in [3.8, 4) is 0 Å². The number of carbonyl (C=O) groups is 1. The van der Waals surface area contributed by atoms with E-state index in [2.05, 4.69) is 0 Å². The van der Waals surface area contributed by atoms with Gasteiger partial charge in [-0.15, -0.1) is 0 Å². The molecule has 5 N–H and O–H groups in total. The van der Waals surface area contributed by atoms with Crippen molar-refractivity contribution >= 4 is 5.97 Å². The Bertz CT molecular complexity index is 282. The molecule has 1 aliphatic heterocycles. The van der Waals surface area contributed by atoms with Gasteiger partial charge >= 0.3 is 5.97 Å². The Balaban J connectivity index is 2.64. The first-order valence-electron chi connectivity index (χ1n) is 5.38. The first kappa shape index (κ1) is 14.3. The van der Waals surface area contributed by atoms with Gasteiger partial charge < -0.3 is 30.3 Å². The molecule has 0 aliphatic carbocycles. The lowest BCUT2D eigenvalue weighted by Crippen LogP contribution is -2.61. The molecule has 0 aromatic carbocycles. The monoisotopic (exact) mass is 250 g/mol. The van der Waals surface area contributed by atoms with Crippen LogP contribution in [0.4, 0.5) is 0 Å². The van der Waals surface area contributed by atoms with Crippen LogP contribution < -0.4 is 0 Å². The third kappa shape index (κ3) is 3.36. The van der Waals surface area contributed by atoms with Crippen LogP contribution in [0.15, 0.2) is 0 Å². The van der Waals surface area contributed by atoms with E-state index in [4.69, 9.17) is 9.84 Å². The number of carboxylic acid groups (broad SMARTS) is 1. The van der Waals surface area contributed by atoms with Crippen molar-refractivity contribution in [3.63, 3.8) is 0 Å². The fraction of sp³-hybridized carbons (Fsp3) is 0.900. The van der Waals surface area contributed by atoms with E-state index in [1.165, 1.54) is 0 Å². The molecular weight excluding hydrogens is 232 g/mol. The predicted octanol–water partition coefficient (Wildman–Crippen LogP) is -1.71. The highest BCUT2D eigenvalue weighted by atomic mass is 16.6. The van der Waals surface area contributed by atoms with Crippen LogP contribution in [-0.4, -0.2) is 62.2 Å². The van der Waals surface area contributed by atoms with Gasteiger partial charge in [-0.3, -0.25) is 4.79 Å². The van der Waals surface area contributed by atoms with Crippen molar-refractivity contribution in [1.29, 1.82) is 0 Å². The minimum Gasteiger partial charge on any atom is -0.481 e. The van der Waals surface area contributed by atoms with E-state index in [0.29, 0.717) is 0 Å². The van der Waals surface area contributed by atoms with Gasteiger partial charge in [-0.25, -0.2) is 0 Å². The minimum atomic E-state index is -2.02. The molecule has 100 valence electrons. The minimum absolute atomic E-state index is 0.135. The summed E-state index contributed by atoms with van der Waals surface area (Å²) < 4.78 is 4.92. The number of carboxylic acids is 1. The number of hydrogen-bond donors (Lipinski definition) is 5. The zero-order valence-electron chi connectivity index (χ0n) is 9.48. The zero-order chi connectivity index (χ0) is 13.2. The number of aliphatic carboxylic acids is 1. The fourth-order valence-electron chi connectivity index (χ4n) is 1.94. The van der Waals surface area contributed by atoms with Gasteiger partial charge in [-0.1, -0.05) is 6.92 Å². The van der Waals surface area contributed by atoms with Crippen molar-refractivity contribution < 1.29 is 35.1 Å². The van der Waals surface area contributed by atoms with Crippen LogP contribution in [0.5, 0.6) is 0 Å². The van der Waals surface area contributed by atoms with Crippen molar-refractivity contribution in [3.05, 3.63) is 0 Å². The van der Waals surface area contributed by atoms with E-state index in [-0.39, 0.29) is 19.4 Å². The first-order chi connectivity index (χ1) is 7.76. The van der Waals surface area contributed by atoms with E-state index >= 15 is 0 Å². The number of aliphatic hydroxyl groups excluding tert-OH is 3. The molecule has 0 spiro atoms. The second-order valence-corrected chi connectivity index (χ2v) is 4.57. The van der Waals surface area contributed by atoms with Crippen LogP contribution in [0.2, 0.25) is 0 Å². The quantitative estimate of drug-likeness (QED) is 0.402. The molecule has 1 aliphatic rings. The average molecular weight is 250 g/mol. The molecule has 0 bridgehead atoms. The van der Waals surface area contributed by atoms with Gasteiger partial charge in [-0.2, -0.15) is 0 Å². The Kier molecular flexibility index (Phi) is 4.45. The van der Waals surface area contributed by atoms with Crippen molar-refractivity contribution in [2.24, 2.45) is 5.92 Å². The second kappa shape index (κ2) is 5.28. The molecule has 1 fully saturated rings. The first-order valence-corrected chi connectivity index (χ1v) is 5.38. The number of ether oxygens (including phenoxy) is 1. The largest absolute Gasteiger partial charge is 0.481 e. The standard InChI is InChI=1S/C10H18O7/c1-5(2-7(12)13)3-10(16)9(15)8(14)6(11)4-17-10/h5-6,8-9,11,14-16H,2-4H2,1H3,(H,12,13)/t5?,6-,8+,9-,10-/m1/s1. The van der Waals surface area contributed by atoms with Crippen molar-refractivity contribution in [1.82, 2.24) is 0 Å². The third-order valence-corrected chi connectivity index (χ3v) is 2.85. The second-order valence-electron chi connectivity index (χ2n) is 4.57. The van der Waals surface area contributed by atoms with E-state index in [1.807, 2.05) is 0 Å². The predicted molar refractivity (Wildman–Crippen MR) is 55.0 cm³/mol. The Morgan fingerprint density at radius 2 is 2.06 bits per heavy atom. The fourth-order valence-corrected chi connectivity index (χ4v) is 1.94. The van der Waals surface area contributed by atoms with E-state index in [9.17, 15) is 25.2 Å². The smallest absolute Gasteiger partial charge is 0.303 e. The highest BCUT2D eigenvalue weighted by Gasteiger charge is 2.48. The Morgan fingerprint density at radius 1 is 1.47 bits per heavy atom. The molecule has 1 rings (SSSR count). The molecule has 17 heavy (non-hydrogen) atoms. The topological polar surface area (TPSA) is 127 Å². The maximum Gasteiger partial charge on any atom is 0.303 e. The molecule has 1 unspecified atom stereocenters. The maximum atomic E-state index is 10.5. The van der Waals surface area contributed by atoms with Gasteiger partial charge in [0.05, 0.1) is 6.61 Å². The Morgan fingerprint density at radius 3 is 2.59 bits per heavy atom. The molecule has 1 heterocycles. The van der Waals surface area contributed by atoms with Crippen LogP contribution >= 0.6 is 0 Å². The van der Waals surface area contributed by atoms with Crippen molar-refractivity contribution in [2.75, 3.05) is 6.61 Å². The molecule has 5 atom stereocenters. The van der Waals surface area contributed by atoms with Crippen LogP contribution in [0.25, 0.3) is 0 Å². The summed E-state index contributed by atoms with van der Waals surface area (Å²) in [7, 11) is 0. The summed E-state index contributed by atoms with van der Waals surface area (Å²) in [5, 5.41) is 46.8.